The first-order valence-electron chi connectivity index (χ1n) is 5.11. The van der Waals surface area contributed by atoms with Crippen LogP contribution in [-0.4, -0.2) is 15.9 Å². The molecule has 19 heavy (non-hydrogen) atoms. The van der Waals surface area contributed by atoms with Gasteiger partial charge < -0.3 is 16.8 Å². The monoisotopic (exact) mass is 297 g/mol. The van der Waals surface area contributed by atoms with Gasteiger partial charge in [0.2, 0.25) is 5.28 Å². The minimum atomic E-state index is -0.426. The molecule has 0 radical (unpaired) electrons. The maximum atomic E-state index is 12.0. The van der Waals surface area contributed by atoms with Crippen LogP contribution in [0, 0.1) is 0 Å². The fraction of sp³-hybridized carbons (Fsp3) is 0. The van der Waals surface area contributed by atoms with E-state index in [9.17, 15) is 4.79 Å². The molecule has 6 nitrogen and oxygen atoms in total. The Labute approximate surface area is 118 Å². The fourth-order valence-corrected chi connectivity index (χ4v) is 1.86. The Balaban J connectivity index is 2.25. The highest BCUT2D eigenvalue weighted by Gasteiger charge is 2.10. The summed E-state index contributed by atoms with van der Waals surface area (Å²) in [6, 6.07) is 5.92. The molecule has 98 valence electrons. The van der Waals surface area contributed by atoms with Gasteiger partial charge >= 0.3 is 0 Å². The quantitative estimate of drug-likeness (QED) is 0.447. The van der Waals surface area contributed by atoms with Crippen molar-refractivity contribution in [3.63, 3.8) is 0 Å². The summed E-state index contributed by atoms with van der Waals surface area (Å²) in [5, 5.41) is 2.59. The molecule has 8 heteroatoms. The summed E-state index contributed by atoms with van der Waals surface area (Å²) >= 11 is 11.3. The highest BCUT2D eigenvalue weighted by molar-refractivity contribution is 6.32. The highest BCUT2D eigenvalue weighted by atomic mass is 35.5. The molecule has 0 bridgehead atoms. The molecule has 1 aromatic heterocycles. The minimum Gasteiger partial charge on any atom is -0.399 e. The molecule has 2 aromatic rings. The maximum absolute atomic E-state index is 12.0. The number of benzene rings is 1. The van der Waals surface area contributed by atoms with E-state index >= 15 is 0 Å². The van der Waals surface area contributed by atoms with E-state index in [0.717, 1.165) is 0 Å². The summed E-state index contributed by atoms with van der Waals surface area (Å²) in [4.78, 5) is 19.5. The van der Waals surface area contributed by atoms with E-state index < -0.39 is 5.91 Å². The van der Waals surface area contributed by atoms with Crippen molar-refractivity contribution in [2.45, 2.75) is 0 Å². The molecule has 0 aliphatic carbocycles. The number of hydrogen-bond acceptors (Lipinski definition) is 5. The van der Waals surface area contributed by atoms with Crippen molar-refractivity contribution in [1.82, 2.24) is 9.97 Å². The number of nitrogen functional groups attached to an aromatic ring is 2. The number of carbonyl (C=O) groups excluding carboxylic acids is 1. The Morgan fingerprint density at radius 3 is 2.26 bits per heavy atom. The van der Waals surface area contributed by atoms with Gasteiger partial charge in [-0.1, -0.05) is 11.6 Å². The zero-order valence-corrected chi connectivity index (χ0v) is 11.0. The van der Waals surface area contributed by atoms with Gasteiger partial charge in [0.05, 0.1) is 0 Å². The topological polar surface area (TPSA) is 107 Å². The van der Waals surface area contributed by atoms with Crippen molar-refractivity contribution in [2.75, 3.05) is 16.8 Å². The van der Waals surface area contributed by atoms with Gasteiger partial charge in [0.25, 0.3) is 5.91 Å². The Hall–Kier alpha value is -2.05. The maximum Gasteiger partial charge on any atom is 0.256 e. The molecule has 0 unspecified atom stereocenters. The van der Waals surface area contributed by atoms with Gasteiger partial charge in [-0.15, -0.1) is 0 Å². The molecule has 5 N–H and O–H groups in total. The average Bonchev–Trinajstić information content (AvgIpc) is 2.25. The van der Waals surface area contributed by atoms with Crippen LogP contribution in [0.4, 0.5) is 17.2 Å². The largest absolute Gasteiger partial charge is 0.399 e. The second kappa shape index (κ2) is 5.29. The SMILES string of the molecule is Nc1cc(N)cc(C(=O)Nc2cc(Cl)nc(Cl)n2)c1. The number of nitrogens with one attached hydrogen (secondary N) is 1. The standard InChI is InChI=1S/C11H9Cl2N5O/c12-8-4-9(18-11(13)16-8)17-10(19)5-1-6(14)3-7(15)2-5/h1-4H,14-15H2,(H,16,17,18,19). The van der Waals surface area contributed by atoms with Crippen molar-refractivity contribution < 1.29 is 4.79 Å². The lowest BCUT2D eigenvalue weighted by Gasteiger charge is -2.06. The van der Waals surface area contributed by atoms with E-state index in [-0.39, 0.29) is 16.3 Å². The summed E-state index contributed by atoms with van der Waals surface area (Å²) in [5.74, 6) is -0.235. The Kier molecular flexibility index (Phi) is 3.73. The molecule has 0 aliphatic heterocycles. The smallest absolute Gasteiger partial charge is 0.256 e. The lowest BCUT2D eigenvalue weighted by molar-refractivity contribution is 0.102. The summed E-state index contributed by atoms with van der Waals surface area (Å²) in [7, 11) is 0. The van der Waals surface area contributed by atoms with Crippen molar-refractivity contribution in [2.24, 2.45) is 0 Å². The third-order valence-corrected chi connectivity index (χ3v) is 2.51. The first-order chi connectivity index (χ1) is 8.94. The molecule has 1 amide bonds. The zero-order valence-electron chi connectivity index (χ0n) is 9.52. The summed E-state index contributed by atoms with van der Waals surface area (Å²) in [6.45, 7) is 0. The Morgan fingerprint density at radius 1 is 1.05 bits per heavy atom. The molecule has 1 heterocycles. The lowest BCUT2D eigenvalue weighted by Crippen LogP contribution is -2.14. The highest BCUT2D eigenvalue weighted by Crippen LogP contribution is 2.17. The van der Waals surface area contributed by atoms with Crippen LogP contribution in [0.2, 0.25) is 10.4 Å². The fourth-order valence-electron chi connectivity index (χ4n) is 1.45. The molecular weight excluding hydrogens is 289 g/mol. The summed E-state index contributed by atoms with van der Waals surface area (Å²) < 4.78 is 0. The Morgan fingerprint density at radius 2 is 1.68 bits per heavy atom. The van der Waals surface area contributed by atoms with Crippen LogP contribution in [0.1, 0.15) is 10.4 Å². The van der Waals surface area contributed by atoms with E-state index in [0.29, 0.717) is 16.9 Å². The molecule has 0 spiro atoms. The molecular formula is C11H9Cl2N5O. The second-order valence-electron chi connectivity index (χ2n) is 3.69. The van der Waals surface area contributed by atoms with E-state index in [1.807, 2.05) is 0 Å². The minimum absolute atomic E-state index is 0.0603. The molecule has 0 saturated carbocycles. The van der Waals surface area contributed by atoms with E-state index in [2.05, 4.69) is 15.3 Å². The van der Waals surface area contributed by atoms with Gasteiger partial charge in [-0.2, -0.15) is 0 Å². The number of anilines is 3. The first kappa shape index (κ1) is 13.4. The molecule has 1 aromatic carbocycles. The van der Waals surface area contributed by atoms with Gasteiger partial charge in [0.1, 0.15) is 11.0 Å². The number of nitrogens with two attached hydrogens (primary N) is 2. The van der Waals surface area contributed by atoms with Crippen molar-refractivity contribution >= 4 is 46.3 Å². The van der Waals surface area contributed by atoms with Crippen LogP contribution in [-0.2, 0) is 0 Å². The third kappa shape index (κ3) is 3.46. The number of aromatic nitrogens is 2. The van der Waals surface area contributed by atoms with Crippen molar-refractivity contribution in [3.8, 4) is 0 Å². The van der Waals surface area contributed by atoms with E-state index in [4.69, 9.17) is 34.7 Å². The van der Waals surface area contributed by atoms with Gasteiger partial charge in [-0.05, 0) is 29.8 Å². The van der Waals surface area contributed by atoms with E-state index in [1.165, 1.54) is 18.2 Å². The number of amides is 1. The molecule has 0 atom stereocenters. The number of halogens is 2. The van der Waals surface area contributed by atoms with Crippen LogP contribution >= 0.6 is 23.2 Å². The molecule has 0 aliphatic rings. The first-order valence-corrected chi connectivity index (χ1v) is 5.87. The second-order valence-corrected chi connectivity index (χ2v) is 4.41. The molecule has 0 saturated heterocycles. The van der Waals surface area contributed by atoms with Crippen LogP contribution in [0.3, 0.4) is 0 Å². The lowest BCUT2D eigenvalue weighted by atomic mass is 10.1. The normalized spacial score (nSPS) is 10.2. The van der Waals surface area contributed by atoms with Gasteiger partial charge in [0.15, 0.2) is 0 Å². The number of hydrogen-bond donors (Lipinski definition) is 3. The zero-order chi connectivity index (χ0) is 14.0. The van der Waals surface area contributed by atoms with Gasteiger partial charge in [-0.25, -0.2) is 9.97 Å². The van der Waals surface area contributed by atoms with Crippen molar-refractivity contribution in [1.29, 1.82) is 0 Å². The van der Waals surface area contributed by atoms with Crippen molar-refractivity contribution in [3.05, 3.63) is 40.3 Å². The number of rotatable bonds is 2. The molecule has 0 fully saturated rings. The van der Waals surface area contributed by atoms with Gasteiger partial charge in [0, 0.05) is 23.0 Å². The van der Waals surface area contributed by atoms with Gasteiger partial charge in [-0.3, -0.25) is 4.79 Å². The third-order valence-electron chi connectivity index (χ3n) is 2.15. The van der Waals surface area contributed by atoms with Crippen LogP contribution in [0.5, 0.6) is 0 Å². The number of carbonyl (C=O) groups is 1. The van der Waals surface area contributed by atoms with E-state index in [1.54, 1.807) is 6.07 Å². The van der Waals surface area contributed by atoms with Crippen LogP contribution < -0.4 is 16.8 Å². The number of nitrogens with zero attached hydrogens (tertiary/aromatic N) is 2. The van der Waals surface area contributed by atoms with Crippen LogP contribution in [0.15, 0.2) is 24.3 Å². The predicted molar refractivity (Wildman–Crippen MR) is 75.3 cm³/mol. The summed E-state index contributed by atoms with van der Waals surface area (Å²) in [5.41, 5.74) is 12.3. The predicted octanol–water partition coefficient (Wildman–Crippen LogP) is 2.20. The average molecular weight is 298 g/mol. The van der Waals surface area contributed by atoms with Crippen LogP contribution in [0.25, 0.3) is 0 Å². The Bertz CT molecular complexity index is 606. The summed E-state index contributed by atoms with van der Waals surface area (Å²) in [6.07, 6.45) is 0. The molecule has 2 rings (SSSR count).